The molecule has 1 saturated heterocycles. The molecule has 0 spiro atoms. The van der Waals surface area contributed by atoms with Crippen molar-refractivity contribution in [3.63, 3.8) is 0 Å². The Morgan fingerprint density at radius 1 is 1.54 bits per heavy atom. The van der Waals surface area contributed by atoms with Gasteiger partial charge in [-0.1, -0.05) is 13.3 Å². The smallest absolute Gasteiger partial charge is 0.153 e. The molecule has 0 aromatic rings. The number of nitrogens with two attached hydrogens (primary N) is 1. The molecule has 5 heteroatoms. The van der Waals surface area contributed by atoms with E-state index in [1.807, 2.05) is 6.92 Å². The molecule has 3 N–H and O–H groups in total. The van der Waals surface area contributed by atoms with Crippen molar-refractivity contribution in [2.45, 2.75) is 31.9 Å². The second-order valence-corrected chi connectivity index (χ2v) is 5.91. The minimum absolute atomic E-state index is 0.0509. The molecule has 13 heavy (non-hydrogen) atoms. The summed E-state index contributed by atoms with van der Waals surface area (Å²) in [6, 6.07) is -0.183. The maximum Gasteiger partial charge on any atom is 0.153 e. The van der Waals surface area contributed by atoms with Gasteiger partial charge in [-0.25, -0.2) is 8.42 Å². The van der Waals surface area contributed by atoms with Gasteiger partial charge in [-0.2, -0.15) is 0 Å². The maximum atomic E-state index is 11.1. The largest absolute Gasteiger partial charge is 0.392 e. The number of sulfone groups is 1. The van der Waals surface area contributed by atoms with Crippen molar-refractivity contribution in [3.05, 3.63) is 0 Å². The van der Waals surface area contributed by atoms with E-state index in [2.05, 4.69) is 0 Å². The van der Waals surface area contributed by atoms with Crippen LogP contribution in [0.25, 0.3) is 0 Å². The highest BCUT2D eigenvalue weighted by molar-refractivity contribution is 7.91. The predicted molar refractivity (Wildman–Crippen MR) is 51.0 cm³/mol. The Bertz CT molecular complexity index is 263. The van der Waals surface area contributed by atoms with E-state index in [9.17, 15) is 13.5 Å². The van der Waals surface area contributed by atoms with Gasteiger partial charge in [-0.15, -0.1) is 0 Å². The van der Waals surface area contributed by atoms with Crippen LogP contribution in [0.15, 0.2) is 0 Å². The maximum absolute atomic E-state index is 11.1. The lowest BCUT2D eigenvalue weighted by molar-refractivity contribution is 0.132. The van der Waals surface area contributed by atoms with Crippen LogP contribution in [-0.2, 0) is 9.84 Å². The summed E-state index contributed by atoms with van der Waals surface area (Å²) in [7, 11) is -3.04. The Morgan fingerprint density at radius 2 is 2.15 bits per heavy atom. The third kappa shape index (κ3) is 2.65. The van der Waals surface area contributed by atoms with Crippen LogP contribution in [0.2, 0.25) is 0 Å². The second-order valence-electron chi connectivity index (χ2n) is 3.76. The minimum atomic E-state index is -3.04. The fourth-order valence-electron chi connectivity index (χ4n) is 1.81. The fraction of sp³-hybridized carbons (Fsp3) is 1.00. The molecule has 3 unspecified atom stereocenters. The predicted octanol–water partition coefficient (Wildman–Crippen LogP) is -0.481. The van der Waals surface area contributed by atoms with Gasteiger partial charge in [0.1, 0.15) is 0 Å². The SMILES string of the molecule is CCCC(N)C1CS(=O)(=O)CC1O. The van der Waals surface area contributed by atoms with Crippen LogP contribution in [0.4, 0.5) is 0 Å². The summed E-state index contributed by atoms with van der Waals surface area (Å²) in [5, 5.41) is 9.46. The van der Waals surface area contributed by atoms with Crippen LogP contribution >= 0.6 is 0 Å². The molecule has 0 radical (unpaired) electrons. The van der Waals surface area contributed by atoms with Crippen molar-refractivity contribution in [1.82, 2.24) is 0 Å². The zero-order chi connectivity index (χ0) is 10.1. The van der Waals surface area contributed by atoms with Crippen molar-refractivity contribution in [2.24, 2.45) is 11.7 Å². The molecule has 1 aliphatic rings. The highest BCUT2D eigenvalue weighted by Crippen LogP contribution is 2.23. The highest BCUT2D eigenvalue weighted by Gasteiger charge is 2.39. The molecule has 1 heterocycles. The van der Waals surface area contributed by atoms with Crippen molar-refractivity contribution in [1.29, 1.82) is 0 Å². The van der Waals surface area contributed by atoms with Gasteiger partial charge < -0.3 is 10.8 Å². The summed E-state index contributed by atoms with van der Waals surface area (Å²) < 4.78 is 22.3. The van der Waals surface area contributed by atoms with Crippen LogP contribution in [0.1, 0.15) is 19.8 Å². The molecule has 0 bridgehead atoms. The molecule has 3 atom stereocenters. The van der Waals surface area contributed by atoms with E-state index in [0.29, 0.717) is 0 Å². The molecule has 78 valence electrons. The Hall–Kier alpha value is -0.130. The standard InChI is InChI=1S/C8H17NO3S/c1-2-3-7(9)6-4-13(11,12)5-8(6)10/h6-8,10H,2-5,9H2,1H3. The molecule has 4 nitrogen and oxygen atoms in total. The summed E-state index contributed by atoms with van der Waals surface area (Å²) in [5.41, 5.74) is 5.78. The van der Waals surface area contributed by atoms with Gasteiger partial charge in [-0.05, 0) is 6.42 Å². The molecule has 1 fully saturated rings. The Balaban J connectivity index is 2.62. The number of hydrogen-bond donors (Lipinski definition) is 2. The first-order chi connectivity index (χ1) is 5.96. The van der Waals surface area contributed by atoms with E-state index in [0.717, 1.165) is 12.8 Å². The molecule has 1 rings (SSSR count). The van der Waals surface area contributed by atoms with E-state index >= 15 is 0 Å². The van der Waals surface area contributed by atoms with Gasteiger partial charge in [-0.3, -0.25) is 0 Å². The summed E-state index contributed by atoms with van der Waals surface area (Å²) >= 11 is 0. The average molecular weight is 207 g/mol. The zero-order valence-corrected chi connectivity index (χ0v) is 8.63. The minimum Gasteiger partial charge on any atom is -0.392 e. The molecule has 0 amide bonds. The van der Waals surface area contributed by atoms with Crippen LogP contribution in [0.3, 0.4) is 0 Å². The van der Waals surface area contributed by atoms with Gasteiger partial charge in [0, 0.05) is 12.0 Å². The van der Waals surface area contributed by atoms with Gasteiger partial charge in [0.05, 0.1) is 17.6 Å². The zero-order valence-electron chi connectivity index (χ0n) is 7.81. The highest BCUT2D eigenvalue weighted by atomic mass is 32.2. The van der Waals surface area contributed by atoms with Crippen LogP contribution in [0, 0.1) is 5.92 Å². The Kier molecular flexibility index (Phi) is 3.32. The number of aliphatic hydroxyl groups excluding tert-OH is 1. The third-order valence-electron chi connectivity index (χ3n) is 2.54. The summed E-state index contributed by atoms with van der Waals surface area (Å²) in [6.45, 7) is 2.00. The van der Waals surface area contributed by atoms with E-state index in [4.69, 9.17) is 5.73 Å². The lowest BCUT2D eigenvalue weighted by Gasteiger charge is -2.19. The van der Waals surface area contributed by atoms with Gasteiger partial charge in [0.2, 0.25) is 0 Å². The average Bonchev–Trinajstić information content (AvgIpc) is 2.25. The van der Waals surface area contributed by atoms with E-state index in [-0.39, 0.29) is 23.5 Å². The van der Waals surface area contributed by atoms with Crippen LogP contribution < -0.4 is 5.73 Å². The number of hydrogen-bond acceptors (Lipinski definition) is 4. The molecule has 1 aliphatic heterocycles. The fourth-order valence-corrected chi connectivity index (χ4v) is 3.77. The van der Waals surface area contributed by atoms with E-state index in [1.54, 1.807) is 0 Å². The summed E-state index contributed by atoms with van der Waals surface area (Å²) in [5.74, 6) is -0.324. The first-order valence-electron chi connectivity index (χ1n) is 4.60. The van der Waals surface area contributed by atoms with Gasteiger partial charge in [0.15, 0.2) is 9.84 Å². The lowest BCUT2D eigenvalue weighted by Crippen LogP contribution is -2.37. The van der Waals surface area contributed by atoms with Crippen LogP contribution in [-0.4, -0.2) is 37.2 Å². The number of rotatable bonds is 3. The quantitative estimate of drug-likeness (QED) is 0.655. The van der Waals surface area contributed by atoms with Crippen molar-refractivity contribution < 1.29 is 13.5 Å². The van der Waals surface area contributed by atoms with E-state index in [1.165, 1.54) is 0 Å². The molecule has 0 aliphatic carbocycles. The van der Waals surface area contributed by atoms with Crippen molar-refractivity contribution in [3.8, 4) is 0 Å². The Morgan fingerprint density at radius 3 is 2.54 bits per heavy atom. The first kappa shape index (κ1) is 10.9. The second kappa shape index (κ2) is 3.94. The van der Waals surface area contributed by atoms with Crippen LogP contribution in [0.5, 0.6) is 0 Å². The summed E-state index contributed by atoms with van der Waals surface area (Å²) in [4.78, 5) is 0. The third-order valence-corrected chi connectivity index (χ3v) is 4.28. The van der Waals surface area contributed by atoms with E-state index < -0.39 is 15.9 Å². The van der Waals surface area contributed by atoms with Crippen molar-refractivity contribution in [2.75, 3.05) is 11.5 Å². The Labute approximate surface area is 79.0 Å². The molecule has 0 saturated carbocycles. The topological polar surface area (TPSA) is 80.4 Å². The molecular formula is C8H17NO3S. The number of aliphatic hydroxyl groups is 1. The van der Waals surface area contributed by atoms with Gasteiger partial charge in [0.25, 0.3) is 0 Å². The molecule has 0 aromatic carbocycles. The monoisotopic (exact) mass is 207 g/mol. The molecular weight excluding hydrogens is 190 g/mol. The lowest BCUT2D eigenvalue weighted by atomic mass is 9.94. The summed E-state index contributed by atoms with van der Waals surface area (Å²) in [6.07, 6.45) is 0.938. The first-order valence-corrected chi connectivity index (χ1v) is 6.42. The van der Waals surface area contributed by atoms with Crippen molar-refractivity contribution >= 4 is 9.84 Å². The molecule has 0 aromatic heterocycles. The normalized spacial score (nSPS) is 34.7. The van der Waals surface area contributed by atoms with Gasteiger partial charge >= 0.3 is 0 Å².